The molecule has 96 valence electrons. The Morgan fingerprint density at radius 2 is 2.06 bits per heavy atom. The van der Waals surface area contributed by atoms with E-state index in [0.29, 0.717) is 11.6 Å². The first-order valence-electron chi connectivity index (χ1n) is 4.92. The van der Waals surface area contributed by atoms with Crippen LogP contribution in [0.2, 0.25) is 5.02 Å². The lowest BCUT2D eigenvalue weighted by atomic mass is 10.2. The van der Waals surface area contributed by atoms with Crippen LogP contribution in [0.4, 0.5) is 0 Å². The predicted molar refractivity (Wildman–Crippen MR) is 70.4 cm³/mol. The second kappa shape index (κ2) is 8.31. The van der Waals surface area contributed by atoms with Gasteiger partial charge in [0.25, 0.3) is 5.91 Å². The van der Waals surface area contributed by atoms with Gasteiger partial charge in [0.2, 0.25) is 0 Å². The van der Waals surface area contributed by atoms with Crippen molar-refractivity contribution in [2.45, 2.75) is 12.6 Å². The Bertz CT molecular complexity index is 340. The van der Waals surface area contributed by atoms with Gasteiger partial charge in [-0.05, 0) is 17.7 Å². The minimum atomic E-state index is -0.590. The summed E-state index contributed by atoms with van der Waals surface area (Å²) in [6.07, 6.45) is -0.590. The fourth-order valence-corrected chi connectivity index (χ4v) is 1.34. The van der Waals surface area contributed by atoms with Gasteiger partial charge in [-0.2, -0.15) is 0 Å². The molecule has 0 saturated carbocycles. The van der Waals surface area contributed by atoms with E-state index >= 15 is 0 Å². The van der Waals surface area contributed by atoms with Gasteiger partial charge in [-0.25, -0.2) is 0 Å². The normalized spacial score (nSPS) is 11.5. The van der Waals surface area contributed by atoms with Crippen LogP contribution >= 0.6 is 24.0 Å². The molecule has 0 aliphatic heterocycles. The number of carbonyl (C=O) groups excluding carboxylic acids is 1. The van der Waals surface area contributed by atoms with Crippen molar-refractivity contribution in [2.75, 3.05) is 13.7 Å². The lowest BCUT2D eigenvalue weighted by Crippen LogP contribution is -2.40. The fourth-order valence-electron chi connectivity index (χ4n) is 1.22. The van der Waals surface area contributed by atoms with Crippen molar-refractivity contribution in [1.82, 2.24) is 5.32 Å². The first kappa shape index (κ1) is 16.2. The number of methoxy groups -OCH3 is 1. The maximum atomic E-state index is 11.5. The molecule has 0 heterocycles. The molecule has 6 heteroatoms. The summed E-state index contributed by atoms with van der Waals surface area (Å²) in [4.78, 5) is 11.5. The Hall–Kier alpha value is -0.810. The SMILES string of the molecule is COC(CN)C(=O)NCc1ccc(Cl)cc1.Cl. The average molecular weight is 279 g/mol. The smallest absolute Gasteiger partial charge is 0.250 e. The van der Waals surface area contributed by atoms with E-state index in [2.05, 4.69) is 5.32 Å². The number of hydrogen-bond donors (Lipinski definition) is 2. The molecule has 0 radical (unpaired) electrons. The van der Waals surface area contributed by atoms with Crippen LogP contribution in [-0.2, 0) is 16.1 Å². The molecule has 1 unspecified atom stereocenters. The van der Waals surface area contributed by atoms with Gasteiger partial charge in [0.1, 0.15) is 6.10 Å². The van der Waals surface area contributed by atoms with Crippen LogP contribution < -0.4 is 11.1 Å². The van der Waals surface area contributed by atoms with Gasteiger partial charge < -0.3 is 15.8 Å². The second-order valence-corrected chi connectivity index (χ2v) is 3.74. The maximum Gasteiger partial charge on any atom is 0.250 e. The van der Waals surface area contributed by atoms with E-state index in [1.165, 1.54) is 7.11 Å². The van der Waals surface area contributed by atoms with Crippen LogP contribution in [-0.4, -0.2) is 25.7 Å². The summed E-state index contributed by atoms with van der Waals surface area (Å²) in [5.74, 6) is -0.208. The van der Waals surface area contributed by atoms with E-state index in [4.69, 9.17) is 22.1 Å². The van der Waals surface area contributed by atoms with Crippen molar-refractivity contribution in [1.29, 1.82) is 0 Å². The van der Waals surface area contributed by atoms with Crippen LogP contribution in [0.3, 0.4) is 0 Å². The van der Waals surface area contributed by atoms with Gasteiger partial charge in [-0.3, -0.25) is 4.79 Å². The number of amides is 1. The van der Waals surface area contributed by atoms with Gasteiger partial charge in [0.05, 0.1) is 0 Å². The largest absolute Gasteiger partial charge is 0.370 e. The first-order chi connectivity index (χ1) is 7.67. The van der Waals surface area contributed by atoms with Gasteiger partial charge in [-0.1, -0.05) is 23.7 Å². The Labute approximate surface area is 112 Å². The molecule has 0 spiro atoms. The molecule has 0 saturated heterocycles. The molecule has 17 heavy (non-hydrogen) atoms. The van der Waals surface area contributed by atoms with Crippen LogP contribution in [0, 0.1) is 0 Å². The van der Waals surface area contributed by atoms with E-state index < -0.39 is 6.10 Å². The predicted octanol–water partition coefficient (Wildman–Crippen LogP) is 1.35. The third kappa shape index (κ3) is 5.37. The summed E-state index contributed by atoms with van der Waals surface area (Å²) in [5.41, 5.74) is 6.35. The van der Waals surface area contributed by atoms with E-state index in [-0.39, 0.29) is 24.9 Å². The number of carbonyl (C=O) groups is 1. The Kier molecular flexibility index (Phi) is 7.91. The maximum absolute atomic E-state index is 11.5. The van der Waals surface area contributed by atoms with Crippen molar-refractivity contribution in [3.63, 3.8) is 0 Å². The van der Waals surface area contributed by atoms with Gasteiger partial charge in [0, 0.05) is 25.2 Å². The molecule has 0 bridgehead atoms. The third-order valence-corrected chi connectivity index (χ3v) is 2.42. The lowest BCUT2D eigenvalue weighted by molar-refractivity contribution is -0.130. The highest BCUT2D eigenvalue weighted by Gasteiger charge is 2.14. The highest BCUT2D eigenvalue weighted by Crippen LogP contribution is 2.09. The topological polar surface area (TPSA) is 64.3 Å². The van der Waals surface area contributed by atoms with Crippen molar-refractivity contribution >= 4 is 29.9 Å². The zero-order valence-corrected chi connectivity index (χ0v) is 11.1. The van der Waals surface area contributed by atoms with E-state index in [1.54, 1.807) is 12.1 Å². The monoisotopic (exact) mass is 278 g/mol. The number of nitrogens with two attached hydrogens (primary N) is 1. The number of nitrogens with one attached hydrogen (secondary N) is 1. The van der Waals surface area contributed by atoms with Crippen LogP contribution in [0.1, 0.15) is 5.56 Å². The number of halogens is 2. The Morgan fingerprint density at radius 3 is 2.53 bits per heavy atom. The number of ether oxygens (including phenoxy) is 1. The molecular weight excluding hydrogens is 263 g/mol. The summed E-state index contributed by atoms with van der Waals surface area (Å²) in [6.45, 7) is 0.610. The molecule has 1 aromatic rings. The summed E-state index contributed by atoms with van der Waals surface area (Å²) < 4.78 is 4.91. The zero-order chi connectivity index (χ0) is 12.0. The number of benzene rings is 1. The Balaban J connectivity index is 0.00000256. The third-order valence-electron chi connectivity index (χ3n) is 2.17. The second-order valence-electron chi connectivity index (χ2n) is 3.30. The van der Waals surface area contributed by atoms with Gasteiger partial charge in [0.15, 0.2) is 0 Å². The average Bonchev–Trinajstić information content (AvgIpc) is 2.30. The van der Waals surface area contributed by atoms with E-state index in [9.17, 15) is 4.79 Å². The molecule has 0 aliphatic rings. The van der Waals surface area contributed by atoms with E-state index in [0.717, 1.165) is 5.56 Å². The summed E-state index contributed by atoms with van der Waals surface area (Å²) in [7, 11) is 1.46. The van der Waals surface area contributed by atoms with E-state index in [1.807, 2.05) is 12.1 Å². The highest BCUT2D eigenvalue weighted by molar-refractivity contribution is 6.30. The number of rotatable bonds is 5. The summed E-state index contributed by atoms with van der Waals surface area (Å²) in [5, 5.41) is 3.41. The standard InChI is InChI=1S/C11H15ClN2O2.ClH/c1-16-10(6-13)11(15)14-7-8-2-4-9(12)5-3-8;/h2-5,10H,6-7,13H2,1H3,(H,14,15);1H. The fraction of sp³-hybridized carbons (Fsp3) is 0.364. The highest BCUT2D eigenvalue weighted by atomic mass is 35.5. The van der Waals surface area contributed by atoms with Crippen LogP contribution in [0.25, 0.3) is 0 Å². The molecular formula is C11H16Cl2N2O2. The minimum absolute atomic E-state index is 0. The Morgan fingerprint density at radius 1 is 1.47 bits per heavy atom. The molecule has 1 atom stereocenters. The molecule has 1 rings (SSSR count). The van der Waals surface area contributed by atoms with Crippen LogP contribution in [0.5, 0.6) is 0 Å². The minimum Gasteiger partial charge on any atom is -0.370 e. The van der Waals surface area contributed by atoms with Crippen molar-refractivity contribution in [3.05, 3.63) is 34.9 Å². The molecule has 3 N–H and O–H groups in total. The molecule has 4 nitrogen and oxygen atoms in total. The first-order valence-corrected chi connectivity index (χ1v) is 5.30. The van der Waals surface area contributed by atoms with Crippen molar-refractivity contribution < 1.29 is 9.53 Å². The van der Waals surface area contributed by atoms with Crippen molar-refractivity contribution in [2.24, 2.45) is 5.73 Å². The lowest BCUT2D eigenvalue weighted by Gasteiger charge is -2.12. The molecule has 1 amide bonds. The zero-order valence-electron chi connectivity index (χ0n) is 9.48. The number of hydrogen-bond acceptors (Lipinski definition) is 3. The summed E-state index contributed by atoms with van der Waals surface area (Å²) >= 11 is 5.75. The van der Waals surface area contributed by atoms with Gasteiger partial charge in [-0.15, -0.1) is 12.4 Å². The molecule has 1 aromatic carbocycles. The van der Waals surface area contributed by atoms with Crippen LogP contribution in [0.15, 0.2) is 24.3 Å². The van der Waals surface area contributed by atoms with Gasteiger partial charge >= 0.3 is 0 Å². The quantitative estimate of drug-likeness (QED) is 0.855. The molecule has 0 fully saturated rings. The molecule has 0 aliphatic carbocycles. The van der Waals surface area contributed by atoms with Crippen molar-refractivity contribution in [3.8, 4) is 0 Å². The molecule has 0 aromatic heterocycles. The summed E-state index contributed by atoms with van der Waals surface area (Å²) in [6, 6.07) is 7.26.